The molecule has 0 aliphatic carbocycles. The van der Waals surface area contributed by atoms with Gasteiger partial charge < -0.3 is 15.1 Å². The molecule has 1 aromatic heterocycles. The summed E-state index contributed by atoms with van der Waals surface area (Å²) in [4.78, 5) is 11.9. The van der Waals surface area contributed by atoms with Crippen LogP contribution in [0, 0.1) is 12.8 Å². The molecule has 114 valence electrons. The Hall–Kier alpha value is -1.45. The van der Waals surface area contributed by atoms with E-state index in [1.165, 1.54) is 6.42 Å². The first kappa shape index (κ1) is 16.6. The van der Waals surface area contributed by atoms with Gasteiger partial charge in [0.25, 0.3) is 0 Å². The van der Waals surface area contributed by atoms with Crippen LogP contribution in [0.3, 0.4) is 0 Å². The van der Waals surface area contributed by atoms with Crippen LogP contribution in [0.2, 0.25) is 0 Å². The largest absolute Gasteiger partial charge is 0.464 e. The van der Waals surface area contributed by atoms with E-state index in [4.69, 9.17) is 4.42 Å². The number of hydrogen-bond acceptors (Lipinski definition) is 2. The number of nitrogens with one attached hydrogen (secondary N) is 2. The van der Waals surface area contributed by atoms with Gasteiger partial charge in [-0.2, -0.15) is 0 Å². The number of carbonyl (C=O) groups is 1. The molecule has 2 atom stereocenters. The molecule has 4 heteroatoms. The molecule has 0 saturated carbocycles. The highest BCUT2D eigenvalue weighted by Crippen LogP contribution is 2.15. The first-order valence-corrected chi connectivity index (χ1v) is 7.51. The van der Waals surface area contributed by atoms with Crippen LogP contribution in [0.25, 0.3) is 0 Å². The highest BCUT2D eigenvalue weighted by atomic mass is 16.3. The minimum absolute atomic E-state index is 0.119. The van der Waals surface area contributed by atoms with E-state index in [0.29, 0.717) is 0 Å². The summed E-state index contributed by atoms with van der Waals surface area (Å²) in [7, 11) is 0. The maximum atomic E-state index is 11.9. The molecule has 0 fully saturated rings. The predicted molar refractivity (Wildman–Crippen MR) is 81.7 cm³/mol. The van der Waals surface area contributed by atoms with Crippen molar-refractivity contribution in [3.8, 4) is 0 Å². The zero-order valence-corrected chi connectivity index (χ0v) is 13.3. The average molecular weight is 280 g/mol. The summed E-state index contributed by atoms with van der Waals surface area (Å²) >= 11 is 0. The lowest BCUT2D eigenvalue weighted by atomic mass is 10.0. The van der Waals surface area contributed by atoms with E-state index in [9.17, 15) is 4.79 Å². The lowest BCUT2D eigenvalue weighted by Gasteiger charge is -2.17. The summed E-state index contributed by atoms with van der Waals surface area (Å²) in [5.41, 5.74) is 0. The summed E-state index contributed by atoms with van der Waals surface area (Å²) < 4.78 is 5.50. The normalized spacial score (nSPS) is 14.1. The molecule has 0 aromatic carbocycles. The molecule has 0 bridgehead atoms. The van der Waals surface area contributed by atoms with Crippen molar-refractivity contribution in [3.63, 3.8) is 0 Å². The number of amides is 2. The van der Waals surface area contributed by atoms with Crippen molar-refractivity contribution < 1.29 is 9.21 Å². The van der Waals surface area contributed by atoms with Crippen LogP contribution in [0.15, 0.2) is 16.5 Å². The number of aryl methyl sites for hydroxylation is 1. The molecular formula is C16H28N2O2. The Morgan fingerprint density at radius 3 is 2.40 bits per heavy atom. The van der Waals surface area contributed by atoms with E-state index in [1.807, 2.05) is 32.9 Å². The number of urea groups is 1. The van der Waals surface area contributed by atoms with E-state index in [1.54, 1.807) is 0 Å². The maximum Gasteiger partial charge on any atom is 0.315 e. The van der Waals surface area contributed by atoms with Gasteiger partial charge in [-0.3, -0.25) is 0 Å². The lowest BCUT2D eigenvalue weighted by molar-refractivity contribution is 0.232. The molecule has 0 spiro atoms. The predicted octanol–water partition coefficient (Wildman–Crippen LogP) is 4.16. The van der Waals surface area contributed by atoms with Gasteiger partial charge in [-0.1, -0.05) is 26.7 Å². The third-order valence-corrected chi connectivity index (χ3v) is 3.33. The molecule has 1 heterocycles. The van der Waals surface area contributed by atoms with Crippen LogP contribution in [0.5, 0.6) is 0 Å². The fraction of sp³-hybridized carbons (Fsp3) is 0.688. The Bertz CT molecular complexity index is 412. The second-order valence-electron chi connectivity index (χ2n) is 6.01. The van der Waals surface area contributed by atoms with Crippen LogP contribution in [0.4, 0.5) is 4.79 Å². The van der Waals surface area contributed by atoms with Gasteiger partial charge >= 0.3 is 6.03 Å². The van der Waals surface area contributed by atoms with Crippen molar-refractivity contribution in [2.45, 2.75) is 66.0 Å². The van der Waals surface area contributed by atoms with Crippen LogP contribution in [0.1, 0.15) is 64.5 Å². The zero-order valence-electron chi connectivity index (χ0n) is 13.3. The molecule has 0 saturated heterocycles. The van der Waals surface area contributed by atoms with Crippen LogP contribution in [-0.4, -0.2) is 12.1 Å². The number of furan rings is 1. The first-order valence-electron chi connectivity index (χ1n) is 7.51. The minimum Gasteiger partial charge on any atom is -0.464 e. The molecule has 4 nitrogen and oxygen atoms in total. The Labute approximate surface area is 122 Å². The molecule has 20 heavy (non-hydrogen) atoms. The van der Waals surface area contributed by atoms with E-state index >= 15 is 0 Å². The molecule has 2 N–H and O–H groups in total. The fourth-order valence-corrected chi connectivity index (χ4v) is 2.12. The Morgan fingerprint density at radius 1 is 1.15 bits per heavy atom. The Morgan fingerprint density at radius 2 is 1.85 bits per heavy atom. The van der Waals surface area contributed by atoms with Crippen molar-refractivity contribution in [2.24, 2.45) is 5.92 Å². The highest BCUT2D eigenvalue weighted by molar-refractivity contribution is 5.74. The maximum absolute atomic E-state index is 11.9. The molecule has 0 radical (unpaired) electrons. The smallest absolute Gasteiger partial charge is 0.315 e. The standard InChI is InChI=1S/C16H28N2O2/c1-11(2)7-6-8-12(3)17-16(19)18-14(5)15-10-9-13(4)20-15/h9-12,14H,6-8H2,1-5H3,(H2,17,18,19). The van der Waals surface area contributed by atoms with E-state index in [0.717, 1.165) is 30.3 Å². The molecule has 0 aliphatic heterocycles. The average Bonchev–Trinajstić information content (AvgIpc) is 2.75. The summed E-state index contributed by atoms with van der Waals surface area (Å²) in [6.45, 7) is 10.3. The van der Waals surface area contributed by atoms with E-state index < -0.39 is 0 Å². The van der Waals surface area contributed by atoms with Crippen LogP contribution >= 0.6 is 0 Å². The van der Waals surface area contributed by atoms with Gasteiger partial charge in [0, 0.05) is 6.04 Å². The van der Waals surface area contributed by atoms with Gasteiger partial charge in [0.1, 0.15) is 11.5 Å². The summed E-state index contributed by atoms with van der Waals surface area (Å²) in [6.07, 6.45) is 3.36. The lowest BCUT2D eigenvalue weighted by Crippen LogP contribution is -2.41. The van der Waals surface area contributed by atoms with Crippen molar-refractivity contribution in [2.75, 3.05) is 0 Å². The van der Waals surface area contributed by atoms with Gasteiger partial charge in [0.15, 0.2) is 0 Å². The number of rotatable bonds is 7. The van der Waals surface area contributed by atoms with Crippen molar-refractivity contribution in [3.05, 3.63) is 23.7 Å². The topological polar surface area (TPSA) is 54.3 Å². The van der Waals surface area contributed by atoms with Gasteiger partial charge in [0.2, 0.25) is 0 Å². The van der Waals surface area contributed by atoms with E-state index in [-0.39, 0.29) is 18.1 Å². The fourth-order valence-electron chi connectivity index (χ4n) is 2.12. The molecule has 2 amide bonds. The summed E-state index contributed by atoms with van der Waals surface area (Å²) in [5, 5.41) is 5.87. The quantitative estimate of drug-likeness (QED) is 0.788. The van der Waals surface area contributed by atoms with Gasteiger partial charge in [-0.25, -0.2) is 4.79 Å². The highest BCUT2D eigenvalue weighted by Gasteiger charge is 2.14. The SMILES string of the molecule is Cc1ccc(C(C)NC(=O)NC(C)CCCC(C)C)o1. The van der Waals surface area contributed by atoms with Crippen LogP contribution < -0.4 is 10.6 Å². The third-order valence-electron chi connectivity index (χ3n) is 3.33. The van der Waals surface area contributed by atoms with Gasteiger partial charge in [-0.05, 0) is 45.2 Å². The molecular weight excluding hydrogens is 252 g/mol. The first-order chi connectivity index (χ1) is 9.38. The van der Waals surface area contributed by atoms with Crippen molar-refractivity contribution in [1.82, 2.24) is 10.6 Å². The number of hydrogen-bond donors (Lipinski definition) is 2. The minimum atomic E-state index is -0.136. The second-order valence-corrected chi connectivity index (χ2v) is 6.01. The van der Waals surface area contributed by atoms with Crippen molar-refractivity contribution >= 4 is 6.03 Å². The molecule has 0 aliphatic rings. The van der Waals surface area contributed by atoms with E-state index in [2.05, 4.69) is 24.5 Å². The third kappa shape index (κ3) is 6.13. The molecule has 1 rings (SSSR count). The second kappa shape index (κ2) is 7.98. The Kier molecular flexibility index (Phi) is 6.62. The summed E-state index contributed by atoms with van der Waals surface area (Å²) in [6, 6.07) is 3.74. The molecule has 2 unspecified atom stereocenters. The van der Waals surface area contributed by atoms with Gasteiger partial charge in [0.05, 0.1) is 6.04 Å². The van der Waals surface area contributed by atoms with Crippen molar-refractivity contribution in [1.29, 1.82) is 0 Å². The van der Waals surface area contributed by atoms with Gasteiger partial charge in [-0.15, -0.1) is 0 Å². The molecule has 1 aromatic rings. The Balaban J connectivity index is 2.28. The zero-order chi connectivity index (χ0) is 15.1. The summed E-state index contributed by atoms with van der Waals surface area (Å²) in [5.74, 6) is 2.36. The monoisotopic (exact) mass is 280 g/mol. The van der Waals surface area contributed by atoms with Crippen LogP contribution in [-0.2, 0) is 0 Å². The number of carbonyl (C=O) groups excluding carboxylic acids is 1.